The normalized spacial score (nSPS) is 12.1. The molecule has 272 valence electrons. The van der Waals surface area contributed by atoms with Crippen molar-refractivity contribution in [1.29, 1.82) is 0 Å². The highest BCUT2D eigenvalue weighted by Crippen LogP contribution is 2.44. The van der Waals surface area contributed by atoms with Crippen LogP contribution in [-0.2, 0) is 0 Å². The molecule has 0 bridgehead atoms. The van der Waals surface area contributed by atoms with E-state index in [4.69, 9.17) is 4.42 Å². The van der Waals surface area contributed by atoms with Crippen molar-refractivity contribution in [1.82, 2.24) is 0 Å². The lowest BCUT2D eigenvalue weighted by atomic mass is 9.87. The van der Waals surface area contributed by atoms with Gasteiger partial charge in [-0.15, -0.1) is 0 Å². The molecule has 13 aromatic rings. The highest BCUT2D eigenvalue weighted by Gasteiger charge is 2.17. The number of benzene rings is 12. The smallest absolute Gasteiger partial charge is 0.136 e. The van der Waals surface area contributed by atoms with E-state index in [1.807, 2.05) is 0 Å². The lowest BCUT2D eigenvalue weighted by Crippen LogP contribution is -1.89. The molecule has 0 radical (unpaired) electrons. The molecule has 1 nitrogen and oxygen atoms in total. The third kappa shape index (κ3) is 4.86. The van der Waals surface area contributed by atoms with E-state index in [0.29, 0.717) is 0 Å². The molecule has 0 atom stereocenters. The van der Waals surface area contributed by atoms with Crippen LogP contribution >= 0.6 is 0 Å². The largest absolute Gasteiger partial charge is 0.456 e. The molecule has 0 saturated carbocycles. The summed E-state index contributed by atoms with van der Waals surface area (Å²) in [5.41, 5.74) is 8.95. The predicted octanol–water partition coefficient (Wildman–Crippen LogP) is 16.7. The highest BCUT2D eigenvalue weighted by molar-refractivity contribution is 6.33. The summed E-state index contributed by atoms with van der Waals surface area (Å²) in [6.07, 6.45) is 0. The molecular weight excluding hydrogens is 713 g/mol. The van der Waals surface area contributed by atoms with Gasteiger partial charge in [-0.05, 0) is 157 Å². The van der Waals surface area contributed by atoms with Crippen LogP contribution in [-0.4, -0.2) is 0 Å². The SMILES string of the molecule is c1ccc2c(c1)cc(-c1ccc3c(c1)oc1cc(-c4ccc5ccc(-c6cc7c8ccccc8c8ccccc8c7c7ccccc67)cc5c4)ccc13)c1ccccc12. The minimum absolute atomic E-state index is 0.897. The van der Waals surface area contributed by atoms with E-state index in [9.17, 15) is 0 Å². The Balaban J connectivity index is 0.931. The fourth-order valence-electron chi connectivity index (χ4n) is 10.0. The van der Waals surface area contributed by atoms with Crippen molar-refractivity contribution < 1.29 is 4.42 Å². The van der Waals surface area contributed by atoms with Crippen LogP contribution in [0.2, 0.25) is 0 Å². The Bertz CT molecular complexity index is 3900. The van der Waals surface area contributed by atoms with Gasteiger partial charge in [0.05, 0.1) is 0 Å². The van der Waals surface area contributed by atoms with Gasteiger partial charge in [0.15, 0.2) is 0 Å². The second-order valence-corrected chi connectivity index (χ2v) is 16.0. The first kappa shape index (κ1) is 32.4. The maximum Gasteiger partial charge on any atom is 0.136 e. The van der Waals surface area contributed by atoms with Crippen LogP contribution in [0.3, 0.4) is 0 Å². The zero-order chi connectivity index (χ0) is 38.6. The molecule has 13 rings (SSSR count). The average molecular weight is 747 g/mol. The molecule has 12 aromatic carbocycles. The zero-order valence-corrected chi connectivity index (χ0v) is 32.0. The van der Waals surface area contributed by atoms with E-state index in [1.165, 1.54) is 97.7 Å². The van der Waals surface area contributed by atoms with Crippen LogP contribution in [0.1, 0.15) is 0 Å². The molecule has 1 heterocycles. The van der Waals surface area contributed by atoms with E-state index in [0.717, 1.165) is 33.1 Å². The van der Waals surface area contributed by atoms with E-state index in [-0.39, 0.29) is 0 Å². The molecule has 0 aliphatic carbocycles. The molecule has 59 heavy (non-hydrogen) atoms. The Morgan fingerprint density at radius 1 is 0.220 bits per heavy atom. The molecule has 0 aliphatic rings. The van der Waals surface area contributed by atoms with Gasteiger partial charge in [-0.2, -0.15) is 0 Å². The second kappa shape index (κ2) is 12.4. The van der Waals surface area contributed by atoms with Crippen molar-refractivity contribution >= 4 is 97.3 Å². The molecule has 1 heteroatoms. The number of hydrogen-bond donors (Lipinski definition) is 0. The van der Waals surface area contributed by atoms with E-state index >= 15 is 0 Å². The molecule has 0 unspecified atom stereocenters. The van der Waals surface area contributed by atoms with Crippen molar-refractivity contribution in [3.05, 3.63) is 206 Å². The van der Waals surface area contributed by atoms with Crippen LogP contribution in [0, 0.1) is 0 Å². The van der Waals surface area contributed by atoms with Gasteiger partial charge in [-0.3, -0.25) is 0 Å². The summed E-state index contributed by atoms with van der Waals surface area (Å²) in [6.45, 7) is 0. The van der Waals surface area contributed by atoms with Gasteiger partial charge in [0.1, 0.15) is 11.2 Å². The van der Waals surface area contributed by atoms with Crippen LogP contribution < -0.4 is 0 Å². The van der Waals surface area contributed by atoms with Crippen LogP contribution in [0.15, 0.2) is 211 Å². The third-order valence-electron chi connectivity index (χ3n) is 12.8. The van der Waals surface area contributed by atoms with E-state index < -0.39 is 0 Å². The van der Waals surface area contributed by atoms with Gasteiger partial charge in [0.2, 0.25) is 0 Å². The fraction of sp³-hybridized carbons (Fsp3) is 0. The Morgan fingerprint density at radius 2 is 0.644 bits per heavy atom. The lowest BCUT2D eigenvalue weighted by molar-refractivity contribution is 0.669. The molecule has 0 aliphatic heterocycles. The first-order chi connectivity index (χ1) is 29.2. The lowest BCUT2D eigenvalue weighted by Gasteiger charge is -2.16. The molecule has 0 amide bonds. The number of fused-ring (bicyclic) bond motifs is 15. The average Bonchev–Trinajstić information content (AvgIpc) is 3.68. The van der Waals surface area contributed by atoms with Gasteiger partial charge in [-0.25, -0.2) is 0 Å². The summed E-state index contributed by atoms with van der Waals surface area (Å²) in [4.78, 5) is 0. The standard InChI is InChI=1S/C58H34O/c1-2-12-42-38(11-1)31-53(46-16-5-3-13-43(42)46)40-26-28-50-49-27-25-37(32-56(49)59-57(50)33-40)36-23-21-35-22-24-39(30-41(35)29-36)54-34-55-47-17-6-4-14-44(47)45-15-7-9-19-51(45)58(55)52-20-10-8-18-48(52)54/h1-34H. The quantitative estimate of drug-likeness (QED) is 0.164. The zero-order valence-electron chi connectivity index (χ0n) is 32.0. The Kier molecular flexibility index (Phi) is 6.79. The van der Waals surface area contributed by atoms with Gasteiger partial charge in [0.25, 0.3) is 0 Å². The van der Waals surface area contributed by atoms with Crippen molar-refractivity contribution in [2.45, 2.75) is 0 Å². The highest BCUT2D eigenvalue weighted by atomic mass is 16.3. The third-order valence-corrected chi connectivity index (χ3v) is 12.8. The molecular formula is C58H34O. The summed E-state index contributed by atoms with van der Waals surface area (Å²) in [5, 5.41) is 20.1. The van der Waals surface area contributed by atoms with E-state index in [2.05, 4.69) is 206 Å². The first-order valence-electron chi connectivity index (χ1n) is 20.4. The fourth-order valence-corrected chi connectivity index (χ4v) is 10.0. The summed E-state index contributed by atoms with van der Waals surface area (Å²) >= 11 is 0. The molecule has 0 fully saturated rings. The van der Waals surface area contributed by atoms with Crippen LogP contribution in [0.25, 0.3) is 131 Å². The molecule has 0 N–H and O–H groups in total. The molecule has 0 saturated heterocycles. The minimum atomic E-state index is 0.897. The maximum absolute atomic E-state index is 6.67. The number of rotatable bonds is 3. The Morgan fingerprint density at radius 3 is 1.36 bits per heavy atom. The van der Waals surface area contributed by atoms with Gasteiger partial charge >= 0.3 is 0 Å². The first-order valence-corrected chi connectivity index (χ1v) is 20.4. The minimum Gasteiger partial charge on any atom is -0.456 e. The summed E-state index contributed by atoms with van der Waals surface area (Å²) < 4.78 is 6.67. The van der Waals surface area contributed by atoms with Crippen molar-refractivity contribution in [3.63, 3.8) is 0 Å². The second-order valence-electron chi connectivity index (χ2n) is 16.0. The topological polar surface area (TPSA) is 13.1 Å². The Hall–Kier alpha value is -7.74. The van der Waals surface area contributed by atoms with Crippen molar-refractivity contribution in [3.8, 4) is 33.4 Å². The summed E-state index contributed by atoms with van der Waals surface area (Å²) in [6, 6.07) is 75.8. The van der Waals surface area contributed by atoms with Crippen LogP contribution in [0.5, 0.6) is 0 Å². The van der Waals surface area contributed by atoms with Gasteiger partial charge in [0, 0.05) is 10.8 Å². The summed E-state index contributed by atoms with van der Waals surface area (Å²) in [7, 11) is 0. The number of furan rings is 1. The Labute approximate surface area is 340 Å². The number of hydrogen-bond acceptors (Lipinski definition) is 1. The monoisotopic (exact) mass is 746 g/mol. The van der Waals surface area contributed by atoms with Crippen LogP contribution in [0.4, 0.5) is 0 Å². The summed E-state index contributed by atoms with van der Waals surface area (Å²) in [5.74, 6) is 0. The van der Waals surface area contributed by atoms with Crippen molar-refractivity contribution in [2.75, 3.05) is 0 Å². The van der Waals surface area contributed by atoms with Crippen molar-refractivity contribution in [2.24, 2.45) is 0 Å². The maximum atomic E-state index is 6.67. The van der Waals surface area contributed by atoms with Gasteiger partial charge < -0.3 is 4.42 Å². The van der Waals surface area contributed by atoms with E-state index in [1.54, 1.807) is 0 Å². The predicted molar refractivity (Wildman–Crippen MR) is 253 cm³/mol. The van der Waals surface area contributed by atoms with Gasteiger partial charge in [-0.1, -0.05) is 158 Å². The molecule has 1 aromatic heterocycles. The molecule has 0 spiro atoms.